The molecule has 1 atom stereocenters. The van der Waals surface area contributed by atoms with Crippen LogP contribution in [-0.4, -0.2) is 25.2 Å². The van der Waals surface area contributed by atoms with Crippen molar-refractivity contribution in [1.82, 2.24) is 0 Å². The fraction of sp³-hybridized carbons (Fsp3) is 0.833. The molecule has 0 aromatic rings. The molecular formula is C6H12O3S. The summed E-state index contributed by atoms with van der Waals surface area (Å²) in [6.07, 6.45) is 0. The third-order valence-corrected chi connectivity index (χ3v) is 3.73. The van der Waals surface area contributed by atoms with E-state index in [1.54, 1.807) is 0 Å². The first-order valence-electron chi connectivity index (χ1n) is 3.13. The molecule has 0 rings (SSSR count). The van der Waals surface area contributed by atoms with E-state index in [-0.39, 0.29) is 11.5 Å². The van der Waals surface area contributed by atoms with Gasteiger partial charge in [0.05, 0.1) is 0 Å². The summed E-state index contributed by atoms with van der Waals surface area (Å²) in [4.78, 5) is 10.6. The average molecular weight is 164 g/mol. The van der Waals surface area contributed by atoms with Crippen LogP contribution in [0.5, 0.6) is 0 Å². The summed E-state index contributed by atoms with van der Waals surface area (Å²) < 4.78 is 21.8. The highest BCUT2D eigenvalue weighted by Gasteiger charge is 2.22. The smallest absolute Gasteiger partial charge is 0.159 e. The van der Waals surface area contributed by atoms with Gasteiger partial charge in [0.2, 0.25) is 0 Å². The molecule has 10 heavy (non-hydrogen) atoms. The lowest BCUT2D eigenvalue weighted by molar-refractivity contribution is -0.116. The van der Waals surface area contributed by atoms with E-state index < -0.39 is 15.1 Å². The predicted molar refractivity (Wildman–Crippen MR) is 39.6 cm³/mol. The monoisotopic (exact) mass is 164 g/mol. The maximum Gasteiger partial charge on any atom is 0.159 e. The van der Waals surface area contributed by atoms with Gasteiger partial charge >= 0.3 is 0 Å². The van der Waals surface area contributed by atoms with Crippen LogP contribution in [0.3, 0.4) is 0 Å². The summed E-state index contributed by atoms with van der Waals surface area (Å²) in [7, 11) is -3.15. The van der Waals surface area contributed by atoms with Crippen LogP contribution in [0.4, 0.5) is 0 Å². The second kappa shape index (κ2) is 3.14. The summed E-state index contributed by atoms with van der Waals surface area (Å²) >= 11 is 0. The number of ketones is 1. The molecule has 0 amide bonds. The van der Waals surface area contributed by atoms with Gasteiger partial charge in [0, 0.05) is 5.75 Å². The van der Waals surface area contributed by atoms with E-state index in [1.165, 1.54) is 20.8 Å². The van der Waals surface area contributed by atoms with Crippen molar-refractivity contribution in [1.29, 1.82) is 0 Å². The Morgan fingerprint density at radius 3 is 2.00 bits per heavy atom. The van der Waals surface area contributed by atoms with Gasteiger partial charge in [0.1, 0.15) is 11.0 Å². The molecule has 4 heteroatoms. The Balaban J connectivity index is 4.51. The fourth-order valence-corrected chi connectivity index (χ4v) is 1.51. The summed E-state index contributed by atoms with van der Waals surface area (Å²) in [6.45, 7) is 4.24. The highest BCUT2D eigenvalue weighted by Crippen LogP contribution is 2.01. The highest BCUT2D eigenvalue weighted by molar-refractivity contribution is 7.92. The Morgan fingerprint density at radius 2 is 1.90 bits per heavy atom. The van der Waals surface area contributed by atoms with Crippen molar-refractivity contribution in [2.75, 3.05) is 5.75 Å². The van der Waals surface area contributed by atoms with Crippen molar-refractivity contribution in [3.63, 3.8) is 0 Å². The van der Waals surface area contributed by atoms with Gasteiger partial charge in [-0.15, -0.1) is 0 Å². The maximum atomic E-state index is 10.9. The molecule has 0 aliphatic rings. The molecule has 0 heterocycles. The molecule has 0 bridgehead atoms. The molecule has 0 aromatic heterocycles. The molecule has 60 valence electrons. The van der Waals surface area contributed by atoms with E-state index in [0.717, 1.165) is 0 Å². The molecule has 0 fully saturated rings. The van der Waals surface area contributed by atoms with E-state index >= 15 is 0 Å². The summed E-state index contributed by atoms with van der Waals surface area (Å²) in [5.41, 5.74) is 0. The zero-order chi connectivity index (χ0) is 8.36. The van der Waals surface area contributed by atoms with E-state index in [9.17, 15) is 13.2 Å². The van der Waals surface area contributed by atoms with Crippen molar-refractivity contribution in [3.8, 4) is 0 Å². The van der Waals surface area contributed by atoms with Gasteiger partial charge in [0.15, 0.2) is 9.84 Å². The number of carbonyl (C=O) groups excluding carboxylic acids is 1. The quantitative estimate of drug-likeness (QED) is 0.606. The normalized spacial score (nSPS) is 14.7. The first kappa shape index (κ1) is 9.62. The first-order chi connectivity index (χ1) is 4.41. The van der Waals surface area contributed by atoms with Crippen molar-refractivity contribution < 1.29 is 13.2 Å². The third-order valence-electron chi connectivity index (χ3n) is 1.51. The predicted octanol–water partition coefficient (Wildman–Crippen LogP) is 0.399. The van der Waals surface area contributed by atoms with E-state index in [0.29, 0.717) is 0 Å². The second-order valence-electron chi connectivity index (χ2n) is 2.20. The SMILES string of the molecule is CCS(=O)(=O)[C@@H](C)C(C)=O. The highest BCUT2D eigenvalue weighted by atomic mass is 32.2. The first-order valence-corrected chi connectivity index (χ1v) is 4.85. The van der Waals surface area contributed by atoms with Gasteiger partial charge < -0.3 is 0 Å². The van der Waals surface area contributed by atoms with Gasteiger partial charge in [-0.05, 0) is 13.8 Å². The van der Waals surface area contributed by atoms with E-state index in [1.807, 2.05) is 0 Å². The van der Waals surface area contributed by atoms with Crippen molar-refractivity contribution in [2.45, 2.75) is 26.0 Å². The molecular weight excluding hydrogens is 152 g/mol. The topological polar surface area (TPSA) is 51.2 Å². The Kier molecular flexibility index (Phi) is 3.02. The van der Waals surface area contributed by atoms with Gasteiger partial charge in [0.25, 0.3) is 0 Å². The van der Waals surface area contributed by atoms with Crippen LogP contribution in [0, 0.1) is 0 Å². The molecule has 0 aliphatic carbocycles. The fourth-order valence-electron chi connectivity index (χ4n) is 0.503. The molecule has 0 saturated heterocycles. The van der Waals surface area contributed by atoms with Crippen LogP contribution < -0.4 is 0 Å². The number of hydrogen-bond donors (Lipinski definition) is 0. The maximum absolute atomic E-state index is 10.9. The zero-order valence-corrected chi connectivity index (χ0v) is 7.23. The van der Waals surface area contributed by atoms with Crippen LogP contribution in [0.25, 0.3) is 0 Å². The van der Waals surface area contributed by atoms with E-state index in [4.69, 9.17) is 0 Å². The van der Waals surface area contributed by atoms with Gasteiger partial charge in [-0.1, -0.05) is 6.92 Å². The lowest BCUT2D eigenvalue weighted by Gasteiger charge is -2.05. The molecule has 0 unspecified atom stereocenters. The average Bonchev–Trinajstić information content (AvgIpc) is 1.86. The lowest BCUT2D eigenvalue weighted by atomic mass is 10.3. The zero-order valence-electron chi connectivity index (χ0n) is 6.42. The third kappa shape index (κ3) is 2.10. The molecule has 0 aliphatic heterocycles. The Morgan fingerprint density at radius 1 is 1.50 bits per heavy atom. The molecule has 3 nitrogen and oxygen atoms in total. The molecule has 0 N–H and O–H groups in total. The summed E-state index contributed by atoms with van der Waals surface area (Å²) in [5, 5.41) is -0.836. The van der Waals surface area contributed by atoms with E-state index in [2.05, 4.69) is 0 Å². The second-order valence-corrected chi connectivity index (χ2v) is 4.81. The number of rotatable bonds is 3. The number of carbonyl (C=O) groups is 1. The minimum Gasteiger partial charge on any atom is -0.299 e. The number of sulfone groups is 1. The van der Waals surface area contributed by atoms with Crippen LogP contribution in [0.15, 0.2) is 0 Å². The Hall–Kier alpha value is -0.380. The molecule has 0 radical (unpaired) electrons. The van der Waals surface area contributed by atoms with Gasteiger partial charge in [-0.2, -0.15) is 0 Å². The minimum absolute atomic E-state index is 0.0355. The van der Waals surface area contributed by atoms with Crippen LogP contribution in [0.2, 0.25) is 0 Å². The van der Waals surface area contributed by atoms with Crippen molar-refractivity contribution in [2.24, 2.45) is 0 Å². The Labute approximate surface area is 61.4 Å². The molecule has 0 saturated carbocycles. The minimum atomic E-state index is -3.15. The van der Waals surface area contributed by atoms with Crippen LogP contribution in [-0.2, 0) is 14.6 Å². The molecule has 0 aromatic carbocycles. The standard InChI is InChI=1S/C6H12O3S/c1-4-10(8,9)6(3)5(2)7/h6H,4H2,1-3H3/t6-/m0/s1. The van der Waals surface area contributed by atoms with Crippen LogP contribution >= 0.6 is 0 Å². The van der Waals surface area contributed by atoms with Crippen LogP contribution in [0.1, 0.15) is 20.8 Å². The molecule has 0 spiro atoms. The number of hydrogen-bond acceptors (Lipinski definition) is 3. The van der Waals surface area contributed by atoms with Crippen molar-refractivity contribution in [3.05, 3.63) is 0 Å². The number of Topliss-reactive ketones (excluding diaryl/α,β-unsaturated/α-hetero) is 1. The van der Waals surface area contributed by atoms with Gasteiger partial charge in [-0.3, -0.25) is 4.79 Å². The largest absolute Gasteiger partial charge is 0.299 e. The van der Waals surface area contributed by atoms with Crippen molar-refractivity contribution >= 4 is 15.6 Å². The Bertz CT molecular complexity index is 215. The lowest BCUT2D eigenvalue weighted by Crippen LogP contribution is -2.26. The summed E-state index contributed by atoms with van der Waals surface area (Å²) in [5.74, 6) is -0.254. The van der Waals surface area contributed by atoms with Gasteiger partial charge in [-0.25, -0.2) is 8.42 Å². The summed E-state index contributed by atoms with van der Waals surface area (Å²) in [6, 6.07) is 0.